The molecular weight excluding hydrogens is 228 g/mol. The number of fused-ring (bicyclic) bond motifs is 1. The second-order valence-electron chi connectivity index (χ2n) is 4.46. The van der Waals surface area contributed by atoms with Gasteiger partial charge in [-0.25, -0.2) is 4.98 Å². The Morgan fingerprint density at radius 1 is 1.35 bits per heavy atom. The maximum atomic E-state index is 4.36. The van der Waals surface area contributed by atoms with Gasteiger partial charge in [0.15, 0.2) is 0 Å². The fourth-order valence-electron chi connectivity index (χ4n) is 2.52. The molecule has 0 saturated heterocycles. The molecule has 2 nitrogen and oxygen atoms in total. The van der Waals surface area contributed by atoms with E-state index in [2.05, 4.69) is 39.9 Å². The first-order valence-electron chi connectivity index (χ1n) is 6.14. The lowest BCUT2D eigenvalue weighted by Gasteiger charge is -2.26. The molecule has 17 heavy (non-hydrogen) atoms. The summed E-state index contributed by atoms with van der Waals surface area (Å²) in [4.78, 5) is 4.36. The lowest BCUT2D eigenvalue weighted by Crippen LogP contribution is -2.17. The molecule has 0 bridgehead atoms. The van der Waals surface area contributed by atoms with Crippen molar-refractivity contribution in [1.82, 2.24) is 4.98 Å². The summed E-state index contributed by atoms with van der Waals surface area (Å²) >= 11 is 1.77. The van der Waals surface area contributed by atoms with Crippen molar-refractivity contribution in [2.45, 2.75) is 25.2 Å². The highest BCUT2D eigenvalue weighted by Gasteiger charge is 2.19. The summed E-state index contributed by atoms with van der Waals surface area (Å²) in [5.74, 6) is 0.691. The van der Waals surface area contributed by atoms with Gasteiger partial charge >= 0.3 is 0 Å². The van der Waals surface area contributed by atoms with Crippen molar-refractivity contribution < 1.29 is 0 Å². The van der Waals surface area contributed by atoms with Crippen molar-refractivity contribution in [1.29, 1.82) is 0 Å². The molecular formula is C14H16N2S. The third-order valence-corrected chi connectivity index (χ3v) is 4.24. The molecule has 0 amide bonds. The van der Waals surface area contributed by atoms with Crippen LogP contribution in [0.2, 0.25) is 0 Å². The van der Waals surface area contributed by atoms with E-state index in [4.69, 9.17) is 0 Å². The predicted molar refractivity (Wildman–Crippen MR) is 72.7 cm³/mol. The van der Waals surface area contributed by atoms with Crippen LogP contribution >= 0.6 is 11.3 Å². The Hall–Kier alpha value is -1.35. The zero-order valence-corrected chi connectivity index (χ0v) is 10.5. The topological polar surface area (TPSA) is 24.9 Å². The molecule has 1 unspecified atom stereocenters. The number of hydrogen-bond acceptors (Lipinski definition) is 3. The third-order valence-electron chi connectivity index (χ3n) is 3.40. The van der Waals surface area contributed by atoms with Gasteiger partial charge < -0.3 is 5.32 Å². The Labute approximate surface area is 106 Å². The molecule has 1 aliphatic rings. The van der Waals surface area contributed by atoms with Crippen molar-refractivity contribution in [2.75, 3.05) is 11.9 Å². The Morgan fingerprint density at radius 3 is 3.18 bits per heavy atom. The highest BCUT2D eigenvalue weighted by atomic mass is 32.1. The van der Waals surface area contributed by atoms with Crippen LogP contribution in [0.5, 0.6) is 0 Å². The van der Waals surface area contributed by atoms with Crippen LogP contribution in [-0.2, 0) is 6.42 Å². The number of nitrogens with zero attached hydrogens (tertiary/aromatic N) is 1. The van der Waals surface area contributed by atoms with Crippen LogP contribution in [0, 0.1) is 0 Å². The van der Waals surface area contributed by atoms with Gasteiger partial charge in [-0.05, 0) is 36.8 Å². The Bertz CT molecular complexity index is 479. The molecule has 1 aromatic heterocycles. The molecule has 3 heteroatoms. The van der Waals surface area contributed by atoms with E-state index in [1.165, 1.54) is 29.1 Å². The average Bonchev–Trinajstić information content (AvgIpc) is 2.89. The van der Waals surface area contributed by atoms with Gasteiger partial charge in [-0.1, -0.05) is 18.2 Å². The fourth-order valence-corrected chi connectivity index (χ4v) is 3.16. The molecule has 0 radical (unpaired) electrons. The zero-order valence-electron chi connectivity index (χ0n) is 9.73. The van der Waals surface area contributed by atoms with Crippen LogP contribution in [0.15, 0.2) is 35.8 Å². The molecule has 1 atom stereocenters. The molecule has 0 aliphatic carbocycles. The number of benzene rings is 1. The highest BCUT2D eigenvalue weighted by Crippen LogP contribution is 2.34. The van der Waals surface area contributed by atoms with Crippen LogP contribution in [0.1, 0.15) is 29.3 Å². The molecule has 2 heterocycles. The van der Waals surface area contributed by atoms with Gasteiger partial charge in [0.05, 0.1) is 5.01 Å². The van der Waals surface area contributed by atoms with E-state index in [1.54, 1.807) is 11.3 Å². The quantitative estimate of drug-likeness (QED) is 0.891. The van der Waals surface area contributed by atoms with Gasteiger partial charge in [0.1, 0.15) is 0 Å². The summed E-state index contributed by atoms with van der Waals surface area (Å²) in [6.07, 6.45) is 5.46. The molecule has 0 saturated carbocycles. The van der Waals surface area contributed by atoms with Crippen molar-refractivity contribution >= 4 is 17.0 Å². The standard InChI is InChI=1S/C14H16N2S/c1-2-4-13-12(3-1)11(7-8-15-13)5-6-14-16-9-10-17-14/h1-4,9-11,15H,5-8H2. The summed E-state index contributed by atoms with van der Waals surface area (Å²) in [5, 5.41) is 6.80. The molecule has 1 aromatic carbocycles. The Balaban J connectivity index is 1.72. The second-order valence-corrected chi connectivity index (χ2v) is 5.44. The summed E-state index contributed by atoms with van der Waals surface area (Å²) in [6.45, 7) is 1.10. The van der Waals surface area contributed by atoms with Gasteiger partial charge in [-0.3, -0.25) is 0 Å². The van der Waals surface area contributed by atoms with Crippen molar-refractivity contribution in [3.05, 3.63) is 46.4 Å². The van der Waals surface area contributed by atoms with Crippen LogP contribution < -0.4 is 5.32 Å². The number of aromatic nitrogens is 1. The van der Waals surface area contributed by atoms with E-state index in [9.17, 15) is 0 Å². The van der Waals surface area contributed by atoms with E-state index in [0.717, 1.165) is 13.0 Å². The van der Waals surface area contributed by atoms with Crippen molar-refractivity contribution in [3.63, 3.8) is 0 Å². The SMILES string of the molecule is c1ccc2c(c1)NCCC2CCc1nccs1. The number of thiazole rings is 1. The first kappa shape index (κ1) is 10.8. The Morgan fingerprint density at radius 2 is 2.29 bits per heavy atom. The molecule has 0 fully saturated rings. The van der Waals surface area contributed by atoms with Crippen LogP contribution in [0.3, 0.4) is 0 Å². The lowest BCUT2D eigenvalue weighted by molar-refractivity contribution is 0.578. The van der Waals surface area contributed by atoms with Crippen LogP contribution in [-0.4, -0.2) is 11.5 Å². The van der Waals surface area contributed by atoms with Crippen molar-refractivity contribution in [2.24, 2.45) is 0 Å². The summed E-state index contributed by atoms with van der Waals surface area (Å²) < 4.78 is 0. The minimum Gasteiger partial charge on any atom is -0.385 e. The maximum Gasteiger partial charge on any atom is 0.0925 e. The van der Waals surface area contributed by atoms with Crippen molar-refractivity contribution in [3.8, 4) is 0 Å². The monoisotopic (exact) mass is 244 g/mol. The number of hydrogen-bond donors (Lipinski definition) is 1. The van der Waals surface area contributed by atoms with Gasteiger partial charge in [0.25, 0.3) is 0 Å². The average molecular weight is 244 g/mol. The minimum atomic E-state index is 0.691. The Kier molecular flexibility index (Phi) is 3.10. The largest absolute Gasteiger partial charge is 0.385 e. The molecule has 3 rings (SSSR count). The molecule has 1 aliphatic heterocycles. The van der Waals surface area contributed by atoms with Gasteiger partial charge in [0, 0.05) is 23.8 Å². The second kappa shape index (κ2) is 4.88. The van der Waals surface area contributed by atoms with Gasteiger partial charge in [-0.15, -0.1) is 11.3 Å². The van der Waals surface area contributed by atoms with Gasteiger partial charge in [-0.2, -0.15) is 0 Å². The van der Waals surface area contributed by atoms with Gasteiger partial charge in [0.2, 0.25) is 0 Å². The normalized spacial score (nSPS) is 18.5. The maximum absolute atomic E-state index is 4.36. The molecule has 2 aromatic rings. The molecule has 88 valence electrons. The summed E-state index contributed by atoms with van der Waals surface area (Å²) in [6, 6.07) is 8.69. The first-order valence-corrected chi connectivity index (χ1v) is 7.02. The smallest absolute Gasteiger partial charge is 0.0925 e. The van der Waals surface area contributed by atoms with Crippen LogP contribution in [0.4, 0.5) is 5.69 Å². The fraction of sp³-hybridized carbons (Fsp3) is 0.357. The number of anilines is 1. The number of nitrogens with one attached hydrogen (secondary N) is 1. The van der Waals surface area contributed by atoms with E-state index in [0.29, 0.717) is 5.92 Å². The zero-order chi connectivity index (χ0) is 11.5. The predicted octanol–water partition coefficient (Wildman–Crippen LogP) is 3.68. The third kappa shape index (κ3) is 2.34. The number of aryl methyl sites for hydroxylation is 1. The minimum absolute atomic E-state index is 0.691. The molecule has 1 N–H and O–H groups in total. The number of rotatable bonds is 3. The van der Waals surface area contributed by atoms with E-state index in [-0.39, 0.29) is 0 Å². The summed E-state index contributed by atoms with van der Waals surface area (Å²) in [5.41, 5.74) is 2.80. The van der Waals surface area contributed by atoms with E-state index < -0.39 is 0 Å². The lowest BCUT2D eigenvalue weighted by atomic mass is 9.87. The first-order chi connectivity index (χ1) is 8.43. The highest BCUT2D eigenvalue weighted by molar-refractivity contribution is 7.09. The van der Waals surface area contributed by atoms with E-state index in [1.807, 2.05) is 6.20 Å². The summed E-state index contributed by atoms with van der Waals surface area (Å²) in [7, 11) is 0. The van der Waals surface area contributed by atoms with Crippen LogP contribution in [0.25, 0.3) is 0 Å². The van der Waals surface area contributed by atoms with E-state index >= 15 is 0 Å². The number of para-hydroxylation sites is 1. The molecule has 0 spiro atoms.